The first-order valence-corrected chi connectivity index (χ1v) is 5.70. The zero-order valence-corrected chi connectivity index (χ0v) is 10.6. The first kappa shape index (κ1) is 12.4. The molecule has 1 aromatic rings. The van der Waals surface area contributed by atoms with E-state index < -0.39 is 0 Å². The second-order valence-electron chi connectivity index (χ2n) is 3.92. The van der Waals surface area contributed by atoms with Crippen LogP contribution >= 0.6 is 12.2 Å². The lowest BCUT2D eigenvalue weighted by atomic mass is 10.1. The number of nitrogens with one attached hydrogen (secondary N) is 1. The molecule has 1 heterocycles. The highest BCUT2D eigenvalue weighted by atomic mass is 32.1. The van der Waals surface area contributed by atoms with Crippen molar-refractivity contribution in [2.75, 3.05) is 13.2 Å². The fourth-order valence-electron chi connectivity index (χ4n) is 1.58. The van der Waals surface area contributed by atoms with Gasteiger partial charge in [-0.1, -0.05) is 13.8 Å². The number of aromatic nitrogens is 3. The fourth-order valence-corrected chi connectivity index (χ4v) is 1.89. The number of ether oxygens (including phenoxy) is 1. The highest BCUT2D eigenvalue weighted by molar-refractivity contribution is 7.71. The topological polar surface area (TPSA) is 42.8 Å². The number of hydrogen-bond acceptors (Lipinski definition) is 3. The van der Waals surface area contributed by atoms with E-state index >= 15 is 0 Å². The number of hydrogen-bond donors (Lipinski definition) is 1. The molecule has 1 atom stereocenters. The Balaban J connectivity index is 2.93. The van der Waals surface area contributed by atoms with Gasteiger partial charge in [-0.25, -0.2) is 0 Å². The van der Waals surface area contributed by atoms with Gasteiger partial charge in [0.25, 0.3) is 0 Å². The summed E-state index contributed by atoms with van der Waals surface area (Å²) in [4.78, 5) is 0. The van der Waals surface area contributed by atoms with Crippen molar-refractivity contribution in [1.82, 2.24) is 14.8 Å². The summed E-state index contributed by atoms with van der Waals surface area (Å²) in [5.41, 5.74) is 0. The van der Waals surface area contributed by atoms with Gasteiger partial charge in [0.1, 0.15) is 5.82 Å². The van der Waals surface area contributed by atoms with Gasteiger partial charge in [-0.05, 0) is 32.0 Å². The molecule has 1 rings (SSSR count). The number of rotatable bonds is 5. The Morgan fingerprint density at radius 1 is 1.53 bits per heavy atom. The van der Waals surface area contributed by atoms with Gasteiger partial charge in [-0.15, -0.1) is 0 Å². The third kappa shape index (κ3) is 2.89. The average Bonchev–Trinajstić information content (AvgIpc) is 2.49. The Labute approximate surface area is 95.7 Å². The lowest BCUT2D eigenvalue weighted by Crippen LogP contribution is -2.22. The SMILES string of the molecule is CCOCC(C(C)C)n1c(C)n[nH]c1=S. The van der Waals surface area contributed by atoms with Crippen LogP contribution in [0.1, 0.15) is 32.6 Å². The van der Waals surface area contributed by atoms with Crippen molar-refractivity contribution in [3.63, 3.8) is 0 Å². The Morgan fingerprint density at radius 2 is 2.20 bits per heavy atom. The van der Waals surface area contributed by atoms with Crippen molar-refractivity contribution >= 4 is 12.2 Å². The number of aryl methyl sites for hydroxylation is 1. The molecule has 0 saturated carbocycles. The maximum absolute atomic E-state index is 5.48. The maximum atomic E-state index is 5.48. The second-order valence-corrected chi connectivity index (χ2v) is 4.30. The molecule has 1 N–H and O–H groups in total. The van der Waals surface area contributed by atoms with E-state index in [4.69, 9.17) is 17.0 Å². The van der Waals surface area contributed by atoms with Crippen molar-refractivity contribution in [1.29, 1.82) is 0 Å². The van der Waals surface area contributed by atoms with Gasteiger partial charge in [-0.3, -0.25) is 9.67 Å². The van der Waals surface area contributed by atoms with Crippen molar-refractivity contribution in [3.8, 4) is 0 Å². The van der Waals surface area contributed by atoms with Crippen LogP contribution in [0.3, 0.4) is 0 Å². The minimum Gasteiger partial charge on any atom is -0.380 e. The summed E-state index contributed by atoms with van der Waals surface area (Å²) in [7, 11) is 0. The number of H-pyrrole nitrogens is 1. The zero-order valence-electron chi connectivity index (χ0n) is 9.78. The second kappa shape index (κ2) is 5.42. The first-order chi connectivity index (χ1) is 7.07. The molecule has 0 aliphatic heterocycles. The zero-order chi connectivity index (χ0) is 11.4. The summed E-state index contributed by atoms with van der Waals surface area (Å²) < 4.78 is 8.19. The molecule has 1 aromatic heterocycles. The van der Waals surface area contributed by atoms with Gasteiger partial charge in [0.15, 0.2) is 4.77 Å². The molecule has 0 bridgehead atoms. The van der Waals surface area contributed by atoms with Crippen LogP contribution in [0.4, 0.5) is 0 Å². The monoisotopic (exact) mass is 229 g/mol. The smallest absolute Gasteiger partial charge is 0.195 e. The van der Waals surface area contributed by atoms with Crippen molar-refractivity contribution < 1.29 is 4.74 Å². The van der Waals surface area contributed by atoms with Crippen LogP contribution in [0, 0.1) is 17.6 Å². The summed E-state index contributed by atoms with van der Waals surface area (Å²) >= 11 is 5.21. The molecule has 0 saturated heterocycles. The van der Waals surface area contributed by atoms with E-state index in [1.54, 1.807) is 0 Å². The van der Waals surface area contributed by atoms with Crippen molar-refractivity contribution in [2.45, 2.75) is 33.7 Å². The van der Waals surface area contributed by atoms with E-state index in [-0.39, 0.29) is 6.04 Å². The molecule has 15 heavy (non-hydrogen) atoms. The molecule has 5 heteroatoms. The van der Waals surface area contributed by atoms with Gasteiger partial charge >= 0.3 is 0 Å². The maximum Gasteiger partial charge on any atom is 0.195 e. The first-order valence-electron chi connectivity index (χ1n) is 5.29. The molecule has 0 fully saturated rings. The summed E-state index contributed by atoms with van der Waals surface area (Å²) in [5, 5.41) is 6.93. The van der Waals surface area contributed by atoms with Gasteiger partial charge in [0.05, 0.1) is 12.6 Å². The molecular weight excluding hydrogens is 210 g/mol. The predicted octanol–water partition coefficient (Wildman–Crippen LogP) is 2.48. The van der Waals surface area contributed by atoms with Gasteiger partial charge < -0.3 is 4.74 Å². The van der Waals surface area contributed by atoms with Crippen LogP contribution in [-0.2, 0) is 4.74 Å². The summed E-state index contributed by atoms with van der Waals surface area (Å²) in [6, 6.07) is 0.260. The molecule has 0 aliphatic rings. The Kier molecular flexibility index (Phi) is 4.47. The number of aromatic amines is 1. The highest BCUT2D eigenvalue weighted by Gasteiger charge is 2.18. The molecule has 86 valence electrons. The summed E-state index contributed by atoms with van der Waals surface area (Å²) in [6.07, 6.45) is 0. The highest BCUT2D eigenvalue weighted by Crippen LogP contribution is 2.19. The van der Waals surface area contributed by atoms with Gasteiger partial charge in [-0.2, -0.15) is 5.10 Å². The van der Waals surface area contributed by atoms with Crippen LogP contribution in [-0.4, -0.2) is 28.0 Å². The molecule has 1 unspecified atom stereocenters. The van der Waals surface area contributed by atoms with Crippen LogP contribution < -0.4 is 0 Å². The van der Waals surface area contributed by atoms with E-state index in [0.717, 1.165) is 12.4 Å². The molecule has 0 radical (unpaired) electrons. The predicted molar refractivity (Wildman–Crippen MR) is 62.5 cm³/mol. The molecule has 0 amide bonds. The molecule has 4 nitrogen and oxygen atoms in total. The van der Waals surface area contributed by atoms with E-state index in [0.29, 0.717) is 17.3 Å². The van der Waals surface area contributed by atoms with Crippen LogP contribution in [0.2, 0.25) is 0 Å². The normalized spacial score (nSPS) is 13.4. The Morgan fingerprint density at radius 3 is 2.60 bits per heavy atom. The molecular formula is C10H19N3OS. The van der Waals surface area contributed by atoms with Gasteiger partial charge in [0.2, 0.25) is 0 Å². The summed E-state index contributed by atoms with van der Waals surface area (Å²) in [6.45, 7) is 9.69. The largest absolute Gasteiger partial charge is 0.380 e. The number of nitrogens with zero attached hydrogens (tertiary/aromatic N) is 2. The quantitative estimate of drug-likeness (QED) is 0.789. The third-order valence-electron chi connectivity index (χ3n) is 2.47. The Hall–Kier alpha value is -0.680. The average molecular weight is 229 g/mol. The van der Waals surface area contributed by atoms with Crippen molar-refractivity contribution in [3.05, 3.63) is 10.6 Å². The molecule has 0 spiro atoms. The van der Waals surface area contributed by atoms with Crippen LogP contribution in [0.25, 0.3) is 0 Å². The van der Waals surface area contributed by atoms with E-state index in [1.165, 1.54) is 0 Å². The van der Waals surface area contributed by atoms with E-state index in [2.05, 4.69) is 24.0 Å². The van der Waals surface area contributed by atoms with E-state index in [1.807, 2.05) is 18.4 Å². The van der Waals surface area contributed by atoms with Crippen molar-refractivity contribution in [2.24, 2.45) is 5.92 Å². The lowest BCUT2D eigenvalue weighted by molar-refractivity contribution is 0.0950. The molecule has 0 aromatic carbocycles. The minimum atomic E-state index is 0.260. The van der Waals surface area contributed by atoms with Crippen LogP contribution in [0.15, 0.2) is 0 Å². The lowest BCUT2D eigenvalue weighted by Gasteiger charge is -2.22. The fraction of sp³-hybridized carbons (Fsp3) is 0.800. The summed E-state index contributed by atoms with van der Waals surface area (Å²) in [5.74, 6) is 1.39. The van der Waals surface area contributed by atoms with E-state index in [9.17, 15) is 0 Å². The standard InChI is InChI=1S/C10H19N3OS/c1-5-14-6-9(7(2)3)13-8(4)11-12-10(13)15/h7,9H,5-6H2,1-4H3,(H,12,15). The molecule has 0 aliphatic carbocycles. The van der Waals surface area contributed by atoms with Crippen LogP contribution in [0.5, 0.6) is 0 Å². The third-order valence-corrected chi connectivity index (χ3v) is 2.76. The van der Waals surface area contributed by atoms with Gasteiger partial charge in [0, 0.05) is 6.61 Å². The minimum absolute atomic E-state index is 0.260. The Bertz CT molecular complexity index is 356.